The second-order valence-electron chi connectivity index (χ2n) is 6.63. The maximum Gasteiger partial charge on any atom is 0.338 e. The Morgan fingerprint density at radius 1 is 0.931 bits per heavy atom. The van der Waals surface area contributed by atoms with Gasteiger partial charge in [-0.05, 0) is 60.9 Å². The summed E-state index contributed by atoms with van der Waals surface area (Å²) in [6.07, 6.45) is 4.77. The van der Waals surface area contributed by atoms with Crippen LogP contribution >= 0.6 is 0 Å². The molecule has 2 heterocycles. The van der Waals surface area contributed by atoms with Gasteiger partial charge >= 0.3 is 5.97 Å². The van der Waals surface area contributed by atoms with E-state index < -0.39 is 15.8 Å². The number of pyridine rings is 1. The summed E-state index contributed by atoms with van der Waals surface area (Å²) in [6.45, 7) is 0.201. The fraction of sp³-hybridized carbons (Fsp3) is 0.136. The first-order chi connectivity index (χ1) is 14.0. The van der Waals surface area contributed by atoms with Gasteiger partial charge in [0.2, 0.25) is 9.84 Å². The lowest BCUT2D eigenvalue weighted by Gasteiger charge is -2.19. The topological polar surface area (TPSA) is 90.4 Å². The van der Waals surface area contributed by atoms with Crippen molar-refractivity contribution in [3.63, 3.8) is 0 Å². The van der Waals surface area contributed by atoms with Gasteiger partial charge in [-0.25, -0.2) is 13.2 Å². The third-order valence-corrected chi connectivity index (χ3v) is 6.62. The molecule has 7 heteroatoms. The summed E-state index contributed by atoms with van der Waals surface area (Å²) in [5.74, 6) is -0.994. The second kappa shape index (κ2) is 7.60. The Labute approximate surface area is 168 Å². The van der Waals surface area contributed by atoms with Crippen LogP contribution in [-0.4, -0.2) is 31.8 Å². The number of nitrogens with zero attached hydrogens (tertiary/aromatic N) is 1. The molecule has 0 aliphatic carbocycles. The number of benzene rings is 2. The highest BCUT2D eigenvalue weighted by atomic mass is 32.2. The Morgan fingerprint density at radius 3 is 2.45 bits per heavy atom. The van der Waals surface area contributed by atoms with Gasteiger partial charge in [-0.2, -0.15) is 0 Å². The summed E-state index contributed by atoms with van der Waals surface area (Å²) in [5, 5.41) is 0. The van der Waals surface area contributed by atoms with Crippen LogP contribution in [0.15, 0.2) is 76.8 Å². The molecule has 1 aliphatic rings. The van der Waals surface area contributed by atoms with Crippen molar-refractivity contribution in [2.24, 2.45) is 0 Å². The van der Waals surface area contributed by atoms with Gasteiger partial charge in [0.1, 0.15) is 0 Å². The van der Waals surface area contributed by atoms with Gasteiger partial charge in [-0.1, -0.05) is 12.1 Å². The van der Waals surface area contributed by atoms with Crippen LogP contribution in [0.5, 0.6) is 0 Å². The van der Waals surface area contributed by atoms with E-state index in [2.05, 4.69) is 4.98 Å². The highest BCUT2D eigenvalue weighted by Gasteiger charge is 2.35. The Bertz CT molecular complexity index is 1200. The molecular weight excluding hydrogens is 390 g/mol. The van der Waals surface area contributed by atoms with Crippen molar-refractivity contribution in [2.45, 2.75) is 22.6 Å². The van der Waals surface area contributed by atoms with Crippen LogP contribution in [-0.2, 0) is 21.0 Å². The molecule has 1 aliphatic heterocycles. The number of hydrogen-bond acceptors (Lipinski definition) is 6. The predicted molar refractivity (Wildman–Crippen MR) is 105 cm³/mol. The standard InChI is InChI=1S/C22H17NO5S/c24-21-17-5-1-2-6-19(17)29(26,27)20-14-16(7-8-18(20)21)22(25)28-13-3-4-15-9-11-23-12-10-15/h1-2,5-12,14H,3-4,13H2. The van der Waals surface area contributed by atoms with Crippen molar-refractivity contribution < 1.29 is 22.7 Å². The largest absolute Gasteiger partial charge is 0.462 e. The van der Waals surface area contributed by atoms with Crippen LogP contribution < -0.4 is 0 Å². The number of sulfone groups is 1. The van der Waals surface area contributed by atoms with E-state index in [1.54, 1.807) is 24.5 Å². The van der Waals surface area contributed by atoms with E-state index in [-0.39, 0.29) is 38.9 Å². The number of ether oxygens (including phenoxy) is 1. The molecule has 3 aromatic rings. The van der Waals surface area contributed by atoms with Crippen LogP contribution in [0.25, 0.3) is 0 Å². The molecule has 0 amide bonds. The minimum absolute atomic E-state index is 0.0413. The van der Waals surface area contributed by atoms with Crippen molar-refractivity contribution >= 4 is 21.6 Å². The van der Waals surface area contributed by atoms with Crippen LogP contribution in [0.3, 0.4) is 0 Å². The molecule has 0 N–H and O–H groups in total. The Kier molecular flexibility index (Phi) is 4.98. The number of carbonyl (C=O) groups is 2. The van der Waals surface area contributed by atoms with E-state index in [1.165, 1.54) is 30.3 Å². The molecule has 1 aromatic heterocycles. The number of esters is 1. The number of aryl methyl sites for hydroxylation is 1. The van der Waals surface area contributed by atoms with Gasteiger partial charge < -0.3 is 4.74 Å². The zero-order chi connectivity index (χ0) is 20.4. The van der Waals surface area contributed by atoms with Crippen molar-refractivity contribution in [2.75, 3.05) is 6.61 Å². The molecule has 0 unspecified atom stereocenters. The average Bonchev–Trinajstić information content (AvgIpc) is 2.75. The van der Waals surface area contributed by atoms with Gasteiger partial charge in [0, 0.05) is 23.5 Å². The smallest absolute Gasteiger partial charge is 0.338 e. The lowest BCUT2D eigenvalue weighted by molar-refractivity contribution is 0.0500. The van der Waals surface area contributed by atoms with Crippen molar-refractivity contribution in [1.82, 2.24) is 4.98 Å². The van der Waals surface area contributed by atoms with E-state index in [0.717, 1.165) is 12.0 Å². The molecule has 0 saturated carbocycles. The lowest BCUT2D eigenvalue weighted by Crippen LogP contribution is -2.21. The molecule has 0 spiro atoms. The summed E-state index contributed by atoms with van der Waals surface area (Å²) in [6, 6.07) is 13.9. The highest BCUT2D eigenvalue weighted by Crippen LogP contribution is 2.34. The molecule has 0 fully saturated rings. The molecule has 0 bridgehead atoms. The van der Waals surface area contributed by atoms with Crippen molar-refractivity contribution in [1.29, 1.82) is 0 Å². The number of fused-ring (bicyclic) bond motifs is 2. The molecule has 29 heavy (non-hydrogen) atoms. The molecule has 6 nitrogen and oxygen atoms in total. The van der Waals surface area contributed by atoms with Gasteiger partial charge in [0.05, 0.1) is 22.0 Å². The first-order valence-corrected chi connectivity index (χ1v) is 10.6. The molecule has 146 valence electrons. The number of hydrogen-bond donors (Lipinski definition) is 0. The maximum absolute atomic E-state index is 12.9. The molecule has 0 atom stereocenters. The molecule has 2 aromatic carbocycles. The third-order valence-electron chi connectivity index (χ3n) is 4.76. The summed E-state index contributed by atoms with van der Waals surface area (Å²) in [7, 11) is -3.89. The van der Waals surface area contributed by atoms with Crippen LogP contribution in [0.4, 0.5) is 0 Å². The first-order valence-electron chi connectivity index (χ1n) is 9.07. The second-order valence-corrected chi connectivity index (χ2v) is 8.52. The zero-order valence-electron chi connectivity index (χ0n) is 15.4. The summed E-state index contributed by atoms with van der Waals surface area (Å²) >= 11 is 0. The Balaban J connectivity index is 1.51. The Hall–Kier alpha value is -3.32. The zero-order valence-corrected chi connectivity index (χ0v) is 16.2. The van der Waals surface area contributed by atoms with Gasteiger partial charge in [-0.15, -0.1) is 0 Å². The van der Waals surface area contributed by atoms with E-state index >= 15 is 0 Å². The summed E-state index contributed by atoms with van der Waals surface area (Å²) < 4.78 is 31.1. The SMILES string of the molecule is O=C(OCCCc1ccncc1)c1ccc2c(c1)S(=O)(=O)c1ccccc1C2=O. The van der Waals surface area contributed by atoms with Crippen molar-refractivity contribution in [3.05, 3.63) is 89.2 Å². The third kappa shape index (κ3) is 3.56. The van der Waals surface area contributed by atoms with Crippen LogP contribution in [0.2, 0.25) is 0 Å². The lowest BCUT2D eigenvalue weighted by atomic mass is 10.0. The maximum atomic E-state index is 12.9. The van der Waals surface area contributed by atoms with Gasteiger partial charge in [-0.3, -0.25) is 9.78 Å². The molecule has 4 rings (SSSR count). The van der Waals surface area contributed by atoms with Gasteiger partial charge in [0.25, 0.3) is 0 Å². The highest BCUT2D eigenvalue weighted by molar-refractivity contribution is 7.91. The number of ketones is 1. The van der Waals surface area contributed by atoms with Crippen molar-refractivity contribution in [3.8, 4) is 0 Å². The fourth-order valence-electron chi connectivity index (χ4n) is 3.29. The van der Waals surface area contributed by atoms with Crippen LogP contribution in [0, 0.1) is 0 Å². The molecule has 0 saturated heterocycles. The Morgan fingerprint density at radius 2 is 1.66 bits per heavy atom. The number of aromatic nitrogens is 1. The minimum Gasteiger partial charge on any atom is -0.462 e. The molecular formula is C22H17NO5S. The van der Waals surface area contributed by atoms with E-state index in [9.17, 15) is 18.0 Å². The van der Waals surface area contributed by atoms with E-state index in [4.69, 9.17) is 4.74 Å². The molecule has 0 radical (unpaired) electrons. The van der Waals surface area contributed by atoms with Crippen LogP contribution in [0.1, 0.15) is 38.3 Å². The predicted octanol–water partition coefficient (Wildman–Crippen LogP) is 3.25. The fourth-order valence-corrected chi connectivity index (χ4v) is 4.96. The van der Waals surface area contributed by atoms with E-state index in [1.807, 2.05) is 12.1 Å². The minimum atomic E-state index is -3.89. The summed E-state index contributed by atoms with van der Waals surface area (Å²) in [4.78, 5) is 28.8. The normalized spacial score (nSPS) is 14.0. The van der Waals surface area contributed by atoms with Gasteiger partial charge in [0.15, 0.2) is 5.78 Å². The quantitative estimate of drug-likeness (QED) is 0.373. The average molecular weight is 407 g/mol. The number of carbonyl (C=O) groups excluding carboxylic acids is 2. The number of rotatable bonds is 5. The summed E-state index contributed by atoms with van der Waals surface area (Å²) in [5.41, 5.74) is 1.40. The first kappa shape index (κ1) is 19.0. The monoisotopic (exact) mass is 407 g/mol. The van der Waals surface area contributed by atoms with E-state index in [0.29, 0.717) is 6.42 Å².